The second-order valence-corrected chi connectivity index (χ2v) is 11.6. The smallest absolute Gasteiger partial charge is 0.190 e. The van der Waals surface area contributed by atoms with Gasteiger partial charge in [-0.05, 0) is 38.8 Å². The average molecular weight is 559 g/mol. The van der Waals surface area contributed by atoms with Crippen molar-refractivity contribution in [3.05, 3.63) is 71.8 Å². The lowest BCUT2D eigenvalue weighted by atomic mass is 9.94. The molecule has 4 heterocycles. The van der Waals surface area contributed by atoms with Gasteiger partial charge in [0.15, 0.2) is 24.2 Å². The van der Waals surface area contributed by atoms with Gasteiger partial charge in [0.25, 0.3) is 0 Å². The van der Waals surface area contributed by atoms with E-state index in [4.69, 9.17) is 37.9 Å². The Morgan fingerprint density at radius 1 is 0.625 bits per heavy atom. The van der Waals surface area contributed by atoms with E-state index in [0.29, 0.717) is 0 Å². The zero-order chi connectivity index (χ0) is 28.1. The topological polar surface area (TPSA) is 114 Å². The highest BCUT2D eigenvalue weighted by Gasteiger charge is 2.62. The van der Waals surface area contributed by atoms with Crippen molar-refractivity contribution in [2.45, 2.75) is 114 Å². The van der Waals surface area contributed by atoms with Crippen LogP contribution in [0.15, 0.2) is 60.7 Å². The third-order valence-corrected chi connectivity index (χ3v) is 7.65. The van der Waals surface area contributed by atoms with Crippen LogP contribution in [0.2, 0.25) is 0 Å². The zero-order valence-electron chi connectivity index (χ0n) is 23.1. The van der Waals surface area contributed by atoms with Crippen molar-refractivity contribution >= 4 is 0 Å². The summed E-state index contributed by atoms with van der Waals surface area (Å²) in [5.74, 6) is -1.75. The molecule has 0 spiro atoms. The molecule has 40 heavy (non-hydrogen) atoms. The Labute approximate surface area is 234 Å². The quantitative estimate of drug-likeness (QED) is 0.476. The number of ether oxygens (including phenoxy) is 8. The van der Waals surface area contributed by atoms with E-state index in [1.54, 1.807) is 27.7 Å². The van der Waals surface area contributed by atoms with Gasteiger partial charge in [-0.25, -0.2) is 0 Å². The van der Waals surface area contributed by atoms with Crippen LogP contribution >= 0.6 is 0 Å². The predicted molar refractivity (Wildman–Crippen MR) is 139 cm³/mol. The van der Waals surface area contributed by atoms with Gasteiger partial charge in [0.1, 0.15) is 48.8 Å². The molecule has 0 radical (unpaired) electrons. The third-order valence-electron chi connectivity index (χ3n) is 7.65. The Morgan fingerprint density at radius 2 is 1.00 bits per heavy atom. The van der Waals surface area contributed by atoms with Crippen LogP contribution in [0.1, 0.15) is 38.8 Å². The van der Waals surface area contributed by atoms with Gasteiger partial charge in [0.05, 0.1) is 13.2 Å². The van der Waals surface area contributed by atoms with Gasteiger partial charge in [-0.1, -0.05) is 60.7 Å². The summed E-state index contributed by atoms with van der Waals surface area (Å²) in [4.78, 5) is 0. The van der Waals surface area contributed by atoms with E-state index in [-0.39, 0.29) is 13.2 Å². The number of aliphatic hydroxyl groups is 2. The molecule has 0 unspecified atom stereocenters. The molecule has 0 bridgehead atoms. The van der Waals surface area contributed by atoms with Gasteiger partial charge < -0.3 is 48.1 Å². The summed E-state index contributed by atoms with van der Waals surface area (Å²) in [6.45, 7) is 7.72. The van der Waals surface area contributed by atoms with Crippen molar-refractivity contribution in [2.75, 3.05) is 0 Å². The van der Waals surface area contributed by atoms with Crippen LogP contribution in [0.25, 0.3) is 0 Å². The molecule has 4 saturated heterocycles. The first-order valence-electron chi connectivity index (χ1n) is 13.8. The number of rotatable bonds is 9. The minimum Gasteiger partial charge on any atom is -0.387 e. The molecule has 0 aliphatic carbocycles. The highest BCUT2D eigenvalue weighted by Crippen LogP contribution is 2.43. The summed E-state index contributed by atoms with van der Waals surface area (Å²) in [7, 11) is 0. The van der Waals surface area contributed by atoms with Crippen LogP contribution in [0.3, 0.4) is 0 Å². The molecule has 2 aromatic carbocycles. The van der Waals surface area contributed by atoms with Crippen molar-refractivity contribution in [1.29, 1.82) is 0 Å². The van der Waals surface area contributed by atoms with Gasteiger partial charge in [0, 0.05) is 0 Å². The van der Waals surface area contributed by atoms with Gasteiger partial charge >= 0.3 is 0 Å². The summed E-state index contributed by atoms with van der Waals surface area (Å²) in [6.07, 6.45) is -8.88. The lowest BCUT2D eigenvalue weighted by molar-refractivity contribution is -0.256. The van der Waals surface area contributed by atoms with E-state index in [2.05, 4.69) is 0 Å². The first-order valence-corrected chi connectivity index (χ1v) is 13.8. The maximum absolute atomic E-state index is 11.5. The second kappa shape index (κ2) is 11.0. The maximum atomic E-state index is 11.5. The third kappa shape index (κ3) is 5.71. The zero-order valence-corrected chi connectivity index (χ0v) is 23.1. The summed E-state index contributed by atoms with van der Waals surface area (Å²) in [6, 6.07) is 19.4. The summed E-state index contributed by atoms with van der Waals surface area (Å²) >= 11 is 0. The Balaban J connectivity index is 1.20. The molecule has 6 rings (SSSR count). The van der Waals surface area contributed by atoms with Crippen molar-refractivity contribution in [3.8, 4) is 0 Å². The lowest BCUT2D eigenvalue weighted by Gasteiger charge is -2.34. The van der Waals surface area contributed by atoms with E-state index in [9.17, 15) is 10.2 Å². The first-order chi connectivity index (χ1) is 19.1. The Kier molecular flexibility index (Phi) is 7.77. The van der Waals surface area contributed by atoms with Crippen LogP contribution < -0.4 is 0 Å². The molecule has 10 heteroatoms. The van der Waals surface area contributed by atoms with E-state index >= 15 is 0 Å². The van der Waals surface area contributed by atoms with Crippen LogP contribution in [-0.4, -0.2) is 83.2 Å². The molecule has 4 fully saturated rings. The molecule has 4 aliphatic heterocycles. The van der Waals surface area contributed by atoms with Crippen molar-refractivity contribution in [2.24, 2.45) is 0 Å². The van der Waals surface area contributed by atoms with E-state index in [0.717, 1.165) is 11.1 Å². The molecular weight excluding hydrogens is 520 g/mol. The van der Waals surface area contributed by atoms with E-state index in [1.807, 2.05) is 60.7 Å². The van der Waals surface area contributed by atoms with Crippen LogP contribution in [0, 0.1) is 0 Å². The monoisotopic (exact) mass is 558 g/mol. The minimum absolute atomic E-state index is 0.269. The maximum Gasteiger partial charge on any atom is 0.190 e. The number of fused-ring (bicyclic) bond motifs is 2. The fourth-order valence-corrected chi connectivity index (χ4v) is 5.86. The van der Waals surface area contributed by atoms with Gasteiger partial charge in [-0.2, -0.15) is 0 Å². The first kappa shape index (κ1) is 28.2. The summed E-state index contributed by atoms with van der Waals surface area (Å²) < 4.78 is 48.8. The minimum atomic E-state index is -1.42. The number of hydrogen-bond acceptors (Lipinski definition) is 10. The SMILES string of the molecule is CC1(C)O[C@H]2O[C@H]([C@H](O)[C@@H](O)[C@H]3O[C@@H]4OC(C)(C)O[C@@H]4[C@@H]3OCc3ccccc3)[C@@H](OCc3ccccc3)[C@H]2O1. The lowest BCUT2D eigenvalue weighted by Crippen LogP contribution is -2.54. The molecule has 4 aliphatic rings. The second-order valence-electron chi connectivity index (χ2n) is 11.6. The Bertz CT molecular complexity index is 1040. The average Bonchev–Trinajstić information content (AvgIpc) is 3.61. The highest BCUT2D eigenvalue weighted by atomic mass is 16.9. The van der Waals surface area contributed by atoms with Crippen LogP contribution in [0.4, 0.5) is 0 Å². The number of aliphatic hydroxyl groups excluding tert-OH is 2. The summed E-state index contributed by atoms with van der Waals surface area (Å²) in [5, 5.41) is 23.0. The highest BCUT2D eigenvalue weighted by molar-refractivity contribution is 5.15. The molecule has 10 atom stereocenters. The van der Waals surface area contributed by atoms with Crippen molar-refractivity contribution in [1.82, 2.24) is 0 Å². The normalized spacial score (nSPS) is 37.2. The predicted octanol–water partition coefficient (Wildman–Crippen LogP) is 2.63. The van der Waals surface area contributed by atoms with Crippen LogP contribution in [-0.2, 0) is 51.1 Å². The molecule has 2 aromatic rings. The summed E-state index contributed by atoms with van der Waals surface area (Å²) in [5.41, 5.74) is 1.91. The number of hydrogen-bond donors (Lipinski definition) is 2. The largest absolute Gasteiger partial charge is 0.387 e. The molecule has 0 aromatic heterocycles. The fraction of sp³-hybridized carbons (Fsp3) is 0.600. The standard InChI is InChI=1S/C30H38O10/c1-29(2)37-25-23(33-15-17-11-7-5-8-12-17)21(35-27(25)39-29)19(31)20(32)22-24(34-16-18-13-9-6-10-14-18)26-28(36-22)40-30(3,4)38-26/h5-14,19-28,31-32H,15-16H2,1-4H3/t19-,20-,21-,22-,23-,24-,25-,26-,27-,28-/m1/s1. The van der Waals surface area contributed by atoms with Gasteiger partial charge in [0.2, 0.25) is 0 Å². The van der Waals surface area contributed by atoms with Gasteiger partial charge in [-0.15, -0.1) is 0 Å². The molecule has 10 nitrogen and oxygen atoms in total. The molecule has 0 saturated carbocycles. The Hall–Kier alpha value is -1.96. The van der Waals surface area contributed by atoms with Crippen LogP contribution in [0.5, 0.6) is 0 Å². The fourth-order valence-electron chi connectivity index (χ4n) is 5.86. The molecular formula is C30H38O10. The van der Waals surface area contributed by atoms with Crippen molar-refractivity contribution in [3.63, 3.8) is 0 Å². The molecule has 218 valence electrons. The van der Waals surface area contributed by atoms with Gasteiger partial charge in [-0.3, -0.25) is 0 Å². The Morgan fingerprint density at radius 3 is 1.38 bits per heavy atom. The molecule has 2 N–H and O–H groups in total. The number of benzene rings is 2. The van der Waals surface area contributed by atoms with E-state index in [1.165, 1.54) is 0 Å². The van der Waals surface area contributed by atoms with Crippen molar-refractivity contribution < 1.29 is 48.1 Å². The van der Waals surface area contributed by atoms with E-state index < -0.39 is 73.0 Å². The molecule has 0 amide bonds.